The monoisotopic (exact) mass is 263 g/mol. The van der Waals surface area contributed by atoms with Gasteiger partial charge in [-0.15, -0.1) is 0 Å². The van der Waals surface area contributed by atoms with Crippen LogP contribution in [0.1, 0.15) is 16.1 Å². The number of hydrogen-bond donors (Lipinski definition) is 2. The Balaban J connectivity index is 2.01. The zero-order valence-corrected chi connectivity index (χ0v) is 11.7. The minimum atomic E-state index is -0.0773. The van der Waals surface area contributed by atoms with Crippen molar-refractivity contribution in [2.24, 2.45) is 0 Å². The largest absolute Gasteiger partial charge is 0.373 e. The highest BCUT2D eigenvalue weighted by atomic mass is 16.2. The summed E-state index contributed by atoms with van der Waals surface area (Å²) < 4.78 is 0. The summed E-state index contributed by atoms with van der Waals surface area (Å²) >= 11 is 0. The van der Waals surface area contributed by atoms with E-state index in [0.717, 1.165) is 31.9 Å². The lowest BCUT2D eigenvalue weighted by Gasteiger charge is -2.32. The van der Waals surface area contributed by atoms with E-state index in [1.165, 1.54) is 0 Å². The van der Waals surface area contributed by atoms with Crippen molar-refractivity contribution in [2.45, 2.75) is 6.92 Å². The first kappa shape index (κ1) is 13.8. The van der Waals surface area contributed by atoms with E-state index in [-0.39, 0.29) is 5.91 Å². The van der Waals surface area contributed by atoms with Gasteiger partial charge in [0.05, 0.1) is 0 Å². The second-order valence-corrected chi connectivity index (χ2v) is 4.86. The molecule has 1 amide bonds. The molecule has 1 saturated heterocycles. The Morgan fingerprint density at radius 1 is 1.26 bits per heavy atom. The Labute approximate surface area is 113 Å². The van der Waals surface area contributed by atoms with Gasteiger partial charge < -0.3 is 10.2 Å². The van der Waals surface area contributed by atoms with Gasteiger partial charge in [-0.3, -0.25) is 10.2 Å². The molecule has 6 heteroatoms. The number of pyridine rings is 1. The minimum absolute atomic E-state index is 0.0773. The number of nitrogens with one attached hydrogen (secondary N) is 2. The van der Waals surface area contributed by atoms with E-state index < -0.39 is 0 Å². The van der Waals surface area contributed by atoms with E-state index in [9.17, 15) is 4.79 Å². The quantitative estimate of drug-likeness (QED) is 0.822. The second kappa shape index (κ2) is 5.99. The van der Waals surface area contributed by atoms with Crippen LogP contribution in [0.3, 0.4) is 0 Å². The molecule has 1 aliphatic rings. The highest BCUT2D eigenvalue weighted by Gasteiger charge is 2.17. The van der Waals surface area contributed by atoms with Gasteiger partial charge in [0.1, 0.15) is 5.82 Å². The van der Waals surface area contributed by atoms with Crippen LogP contribution < -0.4 is 10.7 Å². The smallest absolute Gasteiger partial charge is 0.265 e. The standard InChI is InChI=1S/C13H21N5O/c1-10-8-11(9-12(14-2)15-10)13(19)16-18-6-4-17(3)5-7-18/h8-9H,4-7H2,1-3H3,(H,14,15)(H,16,19). The third-order valence-corrected chi connectivity index (χ3v) is 3.23. The molecule has 1 fully saturated rings. The number of hydrazine groups is 1. The molecule has 0 aliphatic carbocycles. The number of carbonyl (C=O) groups excluding carboxylic acids is 1. The Morgan fingerprint density at radius 2 is 1.95 bits per heavy atom. The molecule has 0 spiro atoms. The van der Waals surface area contributed by atoms with Crippen molar-refractivity contribution < 1.29 is 4.79 Å². The molecule has 6 nitrogen and oxygen atoms in total. The van der Waals surface area contributed by atoms with E-state index in [0.29, 0.717) is 11.4 Å². The predicted octanol–water partition coefficient (Wildman–Crippen LogP) is 0.324. The Bertz CT molecular complexity index is 454. The fourth-order valence-corrected chi connectivity index (χ4v) is 2.05. The summed E-state index contributed by atoms with van der Waals surface area (Å²) in [4.78, 5) is 18.7. The molecule has 0 saturated carbocycles. The fourth-order valence-electron chi connectivity index (χ4n) is 2.05. The number of likely N-dealkylation sites (N-methyl/N-ethyl adjacent to an activating group) is 1. The molecule has 0 radical (unpaired) electrons. The highest BCUT2D eigenvalue weighted by Crippen LogP contribution is 2.10. The summed E-state index contributed by atoms with van der Waals surface area (Å²) in [6.45, 7) is 5.53. The van der Waals surface area contributed by atoms with E-state index in [4.69, 9.17) is 0 Å². The number of nitrogens with zero attached hydrogens (tertiary/aromatic N) is 3. The molecule has 2 N–H and O–H groups in total. The molecule has 1 aromatic heterocycles. The predicted molar refractivity (Wildman–Crippen MR) is 75.1 cm³/mol. The van der Waals surface area contributed by atoms with Crippen LogP contribution in [0.4, 0.5) is 5.82 Å². The maximum Gasteiger partial charge on any atom is 0.265 e. The number of carbonyl (C=O) groups is 1. The zero-order valence-electron chi connectivity index (χ0n) is 11.7. The van der Waals surface area contributed by atoms with E-state index in [1.807, 2.05) is 11.9 Å². The summed E-state index contributed by atoms with van der Waals surface area (Å²) in [7, 11) is 3.88. The van der Waals surface area contributed by atoms with Crippen LogP contribution >= 0.6 is 0 Å². The van der Waals surface area contributed by atoms with E-state index in [1.54, 1.807) is 19.2 Å². The molecule has 0 unspecified atom stereocenters. The number of rotatable bonds is 3. The molecular weight excluding hydrogens is 242 g/mol. The normalized spacial score (nSPS) is 17.2. The van der Waals surface area contributed by atoms with Crippen LogP contribution in [0.25, 0.3) is 0 Å². The van der Waals surface area contributed by atoms with Crippen LogP contribution in [0.5, 0.6) is 0 Å². The SMILES string of the molecule is CNc1cc(C(=O)NN2CCN(C)CC2)cc(C)n1. The molecule has 2 rings (SSSR count). The zero-order chi connectivity index (χ0) is 13.8. The summed E-state index contributed by atoms with van der Waals surface area (Å²) in [5.74, 6) is 0.634. The first-order valence-electron chi connectivity index (χ1n) is 6.49. The molecule has 1 aromatic rings. The molecule has 104 valence electrons. The molecule has 2 heterocycles. The van der Waals surface area contributed by atoms with Crippen LogP contribution in [0.2, 0.25) is 0 Å². The van der Waals surface area contributed by atoms with Crippen molar-refractivity contribution in [3.05, 3.63) is 23.4 Å². The minimum Gasteiger partial charge on any atom is -0.373 e. The molecule has 19 heavy (non-hydrogen) atoms. The van der Waals surface area contributed by atoms with Gasteiger partial charge in [-0.05, 0) is 26.1 Å². The van der Waals surface area contributed by atoms with Crippen LogP contribution in [0.15, 0.2) is 12.1 Å². The molecule has 1 aliphatic heterocycles. The Hall–Kier alpha value is -1.66. The number of hydrogen-bond acceptors (Lipinski definition) is 5. The fraction of sp³-hybridized carbons (Fsp3) is 0.538. The second-order valence-electron chi connectivity index (χ2n) is 4.86. The van der Waals surface area contributed by atoms with Crippen molar-refractivity contribution in [2.75, 3.05) is 45.6 Å². The lowest BCUT2D eigenvalue weighted by Crippen LogP contribution is -2.52. The van der Waals surface area contributed by atoms with Crippen LogP contribution in [-0.2, 0) is 0 Å². The first-order valence-corrected chi connectivity index (χ1v) is 6.49. The molecule has 0 atom stereocenters. The summed E-state index contributed by atoms with van der Waals surface area (Å²) in [6.07, 6.45) is 0. The van der Waals surface area contributed by atoms with E-state index >= 15 is 0 Å². The van der Waals surface area contributed by atoms with Gasteiger partial charge >= 0.3 is 0 Å². The van der Waals surface area contributed by atoms with Gasteiger partial charge in [0, 0.05) is 44.5 Å². The number of anilines is 1. The summed E-state index contributed by atoms with van der Waals surface area (Å²) in [5, 5.41) is 4.93. The van der Waals surface area contributed by atoms with Gasteiger partial charge in [-0.2, -0.15) is 0 Å². The first-order chi connectivity index (χ1) is 9.08. The van der Waals surface area contributed by atoms with Gasteiger partial charge in [0.15, 0.2) is 0 Å². The maximum absolute atomic E-state index is 12.2. The van der Waals surface area contributed by atoms with Crippen molar-refractivity contribution in [3.8, 4) is 0 Å². The van der Waals surface area contributed by atoms with Crippen molar-refractivity contribution in [1.82, 2.24) is 20.3 Å². The van der Waals surface area contributed by atoms with Crippen molar-refractivity contribution in [3.63, 3.8) is 0 Å². The number of aromatic nitrogens is 1. The van der Waals surface area contributed by atoms with E-state index in [2.05, 4.69) is 27.7 Å². The molecular formula is C13H21N5O. The van der Waals surface area contributed by atoms with Crippen LogP contribution in [-0.4, -0.2) is 61.1 Å². The average molecular weight is 263 g/mol. The Kier molecular flexibility index (Phi) is 4.34. The summed E-state index contributed by atoms with van der Waals surface area (Å²) in [6, 6.07) is 3.56. The third-order valence-electron chi connectivity index (χ3n) is 3.23. The van der Waals surface area contributed by atoms with Gasteiger partial charge in [-0.25, -0.2) is 9.99 Å². The maximum atomic E-state index is 12.2. The number of aryl methyl sites for hydroxylation is 1. The van der Waals surface area contributed by atoms with Crippen molar-refractivity contribution >= 4 is 11.7 Å². The third kappa shape index (κ3) is 3.65. The van der Waals surface area contributed by atoms with Crippen molar-refractivity contribution in [1.29, 1.82) is 0 Å². The van der Waals surface area contributed by atoms with Gasteiger partial charge in [-0.1, -0.05) is 0 Å². The highest BCUT2D eigenvalue weighted by molar-refractivity contribution is 5.94. The lowest BCUT2D eigenvalue weighted by molar-refractivity contribution is 0.0662. The summed E-state index contributed by atoms with van der Waals surface area (Å²) in [5.41, 5.74) is 4.41. The van der Waals surface area contributed by atoms with Gasteiger partial charge in [0.25, 0.3) is 5.91 Å². The molecule has 0 aromatic carbocycles. The number of piperazine rings is 1. The molecule has 0 bridgehead atoms. The topological polar surface area (TPSA) is 60.5 Å². The number of amides is 1. The lowest BCUT2D eigenvalue weighted by atomic mass is 10.2. The Morgan fingerprint density at radius 3 is 2.58 bits per heavy atom. The van der Waals surface area contributed by atoms with Crippen LogP contribution in [0, 0.1) is 6.92 Å². The average Bonchev–Trinajstić information content (AvgIpc) is 2.40. The van der Waals surface area contributed by atoms with Gasteiger partial charge in [0.2, 0.25) is 0 Å².